The minimum absolute atomic E-state index is 0.0222. The van der Waals surface area contributed by atoms with Crippen LogP contribution in [0.5, 0.6) is 5.75 Å². The normalized spacial score (nSPS) is 14.1. The number of likely N-dealkylation sites (tertiary alicyclic amines) is 1. The van der Waals surface area contributed by atoms with Crippen LogP contribution in [-0.2, 0) is 4.74 Å². The molecule has 8 heteroatoms. The number of carbonyl (C=O) groups is 3. The molecule has 0 radical (unpaired) electrons. The maximum atomic E-state index is 12.7. The number of halogens is 1. The van der Waals surface area contributed by atoms with Crippen LogP contribution < -0.4 is 10.1 Å². The molecule has 0 aliphatic carbocycles. The highest BCUT2D eigenvalue weighted by Gasteiger charge is 2.25. The number of ether oxygens (including phenoxy) is 2. The Kier molecular flexibility index (Phi) is 7.46. The third kappa shape index (κ3) is 5.60. The van der Waals surface area contributed by atoms with Gasteiger partial charge in [0.1, 0.15) is 5.75 Å². The predicted molar refractivity (Wildman–Crippen MR) is 115 cm³/mol. The summed E-state index contributed by atoms with van der Waals surface area (Å²) in [5, 5.41) is 3.04. The Morgan fingerprint density at radius 1 is 1.07 bits per heavy atom. The lowest BCUT2D eigenvalue weighted by atomic mass is 10.0. The topological polar surface area (TPSA) is 84.9 Å². The van der Waals surface area contributed by atoms with Crippen LogP contribution in [0.4, 0.5) is 4.79 Å². The number of piperidine rings is 1. The fourth-order valence-electron chi connectivity index (χ4n) is 3.23. The first-order valence-corrected chi connectivity index (χ1v) is 10.6. The number of nitrogens with one attached hydrogen (secondary N) is 1. The molecule has 1 saturated heterocycles. The average molecular weight is 475 g/mol. The molecule has 2 aromatic carbocycles. The van der Waals surface area contributed by atoms with E-state index in [4.69, 9.17) is 9.47 Å². The van der Waals surface area contributed by atoms with Gasteiger partial charge in [0.25, 0.3) is 11.8 Å². The van der Waals surface area contributed by atoms with Crippen molar-refractivity contribution in [1.29, 1.82) is 0 Å². The molecule has 0 bridgehead atoms. The first kappa shape index (κ1) is 21.8. The minimum Gasteiger partial charge on any atom is -0.434 e. The molecule has 0 unspecified atom stereocenters. The molecule has 1 aliphatic heterocycles. The van der Waals surface area contributed by atoms with Crippen molar-refractivity contribution in [3.8, 4) is 5.75 Å². The van der Waals surface area contributed by atoms with E-state index < -0.39 is 6.16 Å². The first-order chi connectivity index (χ1) is 14.5. The van der Waals surface area contributed by atoms with Crippen molar-refractivity contribution in [2.24, 2.45) is 0 Å². The third-order valence-corrected chi connectivity index (χ3v) is 5.49. The summed E-state index contributed by atoms with van der Waals surface area (Å²) in [7, 11) is 0. The summed E-state index contributed by atoms with van der Waals surface area (Å²) < 4.78 is 10.5. The van der Waals surface area contributed by atoms with E-state index in [1.54, 1.807) is 42.2 Å². The standard InChI is InChI=1S/C22H23BrN2O5/c1-2-29-22(28)30-17-9-7-15(8-10-17)21(27)25-13-11-16(12-14-25)24-20(26)18-5-3-4-6-19(18)23/h3-10,16H,2,11-14H2,1H3,(H,24,26). The van der Waals surface area contributed by atoms with Gasteiger partial charge in [0.2, 0.25) is 0 Å². The van der Waals surface area contributed by atoms with Crippen molar-refractivity contribution in [2.75, 3.05) is 19.7 Å². The molecule has 7 nitrogen and oxygen atoms in total. The van der Waals surface area contributed by atoms with Crippen molar-refractivity contribution in [1.82, 2.24) is 10.2 Å². The second kappa shape index (κ2) is 10.2. The summed E-state index contributed by atoms with van der Waals surface area (Å²) in [6.07, 6.45) is 0.598. The van der Waals surface area contributed by atoms with Gasteiger partial charge in [-0.1, -0.05) is 12.1 Å². The SMILES string of the molecule is CCOC(=O)Oc1ccc(C(=O)N2CCC(NC(=O)c3ccccc3Br)CC2)cc1. The number of nitrogens with zero attached hydrogens (tertiary/aromatic N) is 1. The summed E-state index contributed by atoms with van der Waals surface area (Å²) in [6, 6.07) is 13.7. The van der Waals surface area contributed by atoms with Gasteiger partial charge in [-0.3, -0.25) is 9.59 Å². The Labute approximate surface area is 183 Å². The van der Waals surface area contributed by atoms with Gasteiger partial charge in [-0.25, -0.2) is 4.79 Å². The number of hydrogen-bond acceptors (Lipinski definition) is 5. The number of hydrogen-bond donors (Lipinski definition) is 1. The van der Waals surface area contributed by atoms with Crippen LogP contribution in [0.15, 0.2) is 53.0 Å². The van der Waals surface area contributed by atoms with E-state index in [0.717, 1.165) is 4.47 Å². The summed E-state index contributed by atoms with van der Waals surface area (Å²) in [6.45, 7) is 3.04. The maximum Gasteiger partial charge on any atom is 0.513 e. The van der Waals surface area contributed by atoms with Gasteiger partial charge >= 0.3 is 6.16 Å². The number of benzene rings is 2. The molecular weight excluding hydrogens is 452 g/mol. The van der Waals surface area contributed by atoms with Crippen LogP contribution in [0.3, 0.4) is 0 Å². The van der Waals surface area contributed by atoms with Gasteiger partial charge in [-0.15, -0.1) is 0 Å². The minimum atomic E-state index is -0.775. The van der Waals surface area contributed by atoms with Gasteiger partial charge in [0.05, 0.1) is 12.2 Å². The molecular formula is C22H23BrN2O5. The fraction of sp³-hybridized carbons (Fsp3) is 0.318. The Hall–Kier alpha value is -2.87. The molecule has 158 valence electrons. The highest BCUT2D eigenvalue weighted by atomic mass is 79.9. The van der Waals surface area contributed by atoms with Gasteiger partial charge in [0.15, 0.2) is 0 Å². The average Bonchev–Trinajstić information content (AvgIpc) is 2.75. The fourth-order valence-corrected chi connectivity index (χ4v) is 3.69. The number of rotatable bonds is 5. The van der Waals surface area contributed by atoms with E-state index in [9.17, 15) is 14.4 Å². The quantitative estimate of drug-likeness (QED) is 0.522. The Morgan fingerprint density at radius 3 is 2.37 bits per heavy atom. The van der Waals surface area contributed by atoms with Gasteiger partial charge in [-0.2, -0.15) is 0 Å². The lowest BCUT2D eigenvalue weighted by molar-refractivity contribution is 0.0698. The Morgan fingerprint density at radius 2 is 1.73 bits per heavy atom. The molecule has 1 N–H and O–H groups in total. The van der Waals surface area contributed by atoms with Crippen LogP contribution in [0.25, 0.3) is 0 Å². The molecule has 3 rings (SSSR count). The molecule has 0 saturated carbocycles. The Balaban J connectivity index is 1.51. The molecule has 30 heavy (non-hydrogen) atoms. The predicted octanol–water partition coefficient (Wildman–Crippen LogP) is 4.02. The molecule has 0 atom stereocenters. The summed E-state index contributed by atoms with van der Waals surface area (Å²) >= 11 is 3.39. The Bertz CT molecular complexity index is 908. The molecule has 1 aliphatic rings. The van der Waals surface area contributed by atoms with Crippen molar-refractivity contribution in [3.05, 3.63) is 64.1 Å². The van der Waals surface area contributed by atoms with Crippen molar-refractivity contribution in [3.63, 3.8) is 0 Å². The molecule has 2 aromatic rings. The van der Waals surface area contributed by atoms with E-state index in [1.807, 2.05) is 18.2 Å². The monoisotopic (exact) mass is 474 g/mol. The first-order valence-electron chi connectivity index (χ1n) is 9.77. The van der Waals surface area contributed by atoms with Crippen molar-refractivity contribution in [2.45, 2.75) is 25.8 Å². The van der Waals surface area contributed by atoms with Gasteiger partial charge < -0.3 is 19.7 Å². The van der Waals surface area contributed by atoms with Gasteiger partial charge in [0, 0.05) is 29.2 Å². The zero-order valence-electron chi connectivity index (χ0n) is 16.6. The number of carbonyl (C=O) groups excluding carboxylic acids is 3. The third-order valence-electron chi connectivity index (χ3n) is 4.80. The largest absolute Gasteiger partial charge is 0.513 e. The summed E-state index contributed by atoms with van der Waals surface area (Å²) in [5.74, 6) is 0.108. The van der Waals surface area contributed by atoms with E-state index in [2.05, 4.69) is 21.2 Å². The van der Waals surface area contributed by atoms with Gasteiger partial charge in [-0.05, 0) is 72.1 Å². The second-order valence-electron chi connectivity index (χ2n) is 6.83. The van der Waals surface area contributed by atoms with Crippen molar-refractivity contribution < 1.29 is 23.9 Å². The molecule has 0 spiro atoms. The molecule has 1 heterocycles. The molecule has 2 amide bonds. The highest BCUT2D eigenvalue weighted by molar-refractivity contribution is 9.10. The second-order valence-corrected chi connectivity index (χ2v) is 7.68. The van der Waals surface area contributed by atoms with Crippen LogP contribution in [-0.4, -0.2) is 48.6 Å². The van der Waals surface area contributed by atoms with Crippen LogP contribution in [0.2, 0.25) is 0 Å². The zero-order valence-corrected chi connectivity index (χ0v) is 18.2. The van der Waals surface area contributed by atoms with E-state index in [-0.39, 0.29) is 24.5 Å². The molecule has 0 aromatic heterocycles. The lowest BCUT2D eigenvalue weighted by Gasteiger charge is -2.32. The van der Waals surface area contributed by atoms with E-state index in [0.29, 0.717) is 42.8 Å². The lowest BCUT2D eigenvalue weighted by Crippen LogP contribution is -2.46. The van der Waals surface area contributed by atoms with E-state index >= 15 is 0 Å². The van der Waals surface area contributed by atoms with Crippen LogP contribution >= 0.6 is 15.9 Å². The van der Waals surface area contributed by atoms with Crippen LogP contribution in [0.1, 0.15) is 40.5 Å². The summed E-state index contributed by atoms with van der Waals surface area (Å²) in [4.78, 5) is 38.3. The highest BCUT2D eigenvalue weighted by Crippen LogP contribution is 2.19. The van der Waals surface area contributed by atoms with E-state index in [1.165, 1.54) is 0 Å². The molecule has 1 fully saturated rings. The summed E-state index contributed by atoms with van der Waals surface area (Å²) in [5.41, 5.74) is 1.11. The maximum absolute atomic E-state index is 12.7. The smallest absolute Gasteiger partial charge is 0.434 e. The van der Waals surface area contributed by atoms with Crippen LogP contribution in [0, 0.1) is 0 Å². The zero-order chi connectivity index (χ0) is 21.5. The number of amides is 2. The van der Waals surface area contributed by atoms with Crippen molar-refractivity contribution >= 4 is 33.9 Å².